The lowest BCUT2D eigenvalue weighted by atomic mass is 10.1. The molecule has 0 spiro atoms. The lowest BCUT2D eigenvalue weighted by Crippen LogP contribution is -2.28. The van der Waals surface area contributed by atoms with Gasteiger partial charge >= 0.3 is 0 Å². The Balaban J connectivity index is 2.08. The van der Waals surface area contributed by atoms with Crippen LogP contribution in [0.2, 0.25) is 0 Å². The van der Waals surface area contributed by atoms with Crippen LogP contribution < -0.4 is 11.3 Å². The van der Waals surface area contributed by atoms with Gasteiger partial charge in [0.25, 0.3) is 0 Å². The van der Waals surface area contributed by atoms with Gasteiger partial charge in [-0.15, -0.1) is 6.58 Å². The van der Waals surface area contributed by atoms with Crippen molar-refractivity contribution >= 4 is 0 Å². The normalized spacial score (nSPS) is 12.3. The Hall–Kier alpha value is -1.98. The van der Waals surface area contributed by atoms with Gasteiger partial charge in [-0.25, -0.2) is 0 Å². The van der Waals surface area contributed by atoms with E-state index in [4.69, 9.17) is 5.84 Å². The molecule has 1 atom stereocenters. The summed E-state index contributed by atoms with van der Waals surface area (Å²) < 4.78 is 0. The number of para-hydroxylation sites is 1. The van der Waals surface area contributed by atoms with E-state index in [0.29, 0.717) is 0 Å². The summed E-state index contributed by atoms with van der Waals surface area (Å²) >= 11 is 0. The molecule has 100 valence electrons. The minimum absolute atomic E-state index is 0.0254. The lowest BCUT2D eigenvalue weighted by molar-refractivity contribution is 0.486. The van der Waals surface area contributed by atoms with E-state index in [1.807, 2.05) is 36.4 Å². The van der Waals surface area contributed by atoms with E-state index < -0.39 is 0 Å². The van der Waals surface area contributed by atoms with Gasteiger partial charge in [-0.1, -0.05) is 24.3 Å². The van der Waals surface area contributed by atoms with Crippen molar-refractivity contribution in [2.24, 2.45) is 5.84 Å². The zero-order valence-corrected chi connectivity index (χ0v) is 10.9. The first kappa shape index (κ1) is 13.5. The molecule has 1 unspecified atom stereocenters. The zero-order valence-electron chi connectivity index (χ0n) is 10.9. The van der Waals surface area contributed by atoms with Gasteiger partial charge in [0, 0.05) is 0 Å². The number of hydrogen-bond donors (Lipinski definition) is 2. The third kappa shape index (κ3) is 3.49. The highest BCUT2D eigenvalue weighted by Gasteiger charge is 2.13. The Kier molecular flexibility index (Phi) is 4.83. The molecule has 0 saturated carbocycles. The quantitative estimate of drug-likeness (QED) is 0.345. The molecule has 1 aromatic heterocycles. The molecule has 5 heteroatoms. The van der Waals surface area contributed by atoms with Crippen LogP contribution >= 0.6 is 0 Å². The number of allylic oxidation sites excluding steroid dienone is 1. The van der Waals surface area contributed by atoms with Crippen molar-refractivity contribution in [1.82, 2.24) is 20.4 Å². The third-order valence-corrected chi connectivity index (χ3v) is 2.96. The van der Waals surface area contributed by atoms with Gasteiger partial charge in [0.15, 0.2) is 0 Å². The zero-order chi connectivity index (χ0) is 13.5. The first-order chi connectivity index (χ1) is 9.35. The summed E-state index contributed by atoms with van der Waals surface area (Å²) in [6, 6.07) is 9.84. The van der Waals surface area contributed by atoms with Gasteiger partial charge in [0.2, 0.25) is 0 Å². The molecular weight excluding hydrogens is 238 g/mol. The number of unbranched alkanes of at least 4 members (excludes halogenated alkanes) is 1. The van der Waals surface area contributed by atoms with Gasteiger partial charge < -0.3 is 0 Å². The van der Waals surface area contributed by atoms with Crippen LogP contribution in [0.5, 0.6) is 0 Å². The van der Waals surface area contributed by atoms with E-state index >= 15 is 0 Å². The van der Waals surface area contributed by atoms with Crippen molar-refractivity contribution < 1.29 is 0 Å². The molecule has 0 bridgehead atoms. The summed E-state index contributed by atoms with van der Waals surface area (Å²) in [5.74, 6) is 5.58. The van der Waals surface area contributed by atoms with Gasteiger partial charge in [0.05, 0.1) is 17.9 Å². The molecule has 2 aromatic rings. The monoisotopic (exact) mass is 257 g/mol. The maximum atomic E-state index is 5.58. The fraction of sp³-hybridized carbons (Fsp3) is 0.286. The number of rotatable bonds is 7. The SMILES string of the molecule is C=CCCCC(NN)c1cnn(-c2ccccc2)n1. The van der Waals surface area contributed by atoms with Crippen LogP contribution in [-0.4, -0.2) is 15.0 Å². The molecule has 0 saturated heterocycles. The maximum Gasteiger partial charge on any atom is 0.101 e. The minimum atomic E-state index is 0.0254. The van der Waals surface area contributed by atoms with Crippen LogP contribution in [0.15, 0.2) is 49.2 Å². The van der Waals surface area contributed by atoms with Gasteiger partial charge in [-0.3, -0.25) is 11.3 Å². The highest BCUT2D eigenvalue weighted by Crippen LogP contribution is 2.16. The van der Waals surface area contributed by atoms with Crippen LogP contribution in [0.1, 0.15) is 31.0 Å². The second kappa shape index (κ2) is 6.82. The maximum absolute atomic E-state index is 5.58. The molecular formula is C14H19N5. The molecule has 0 aliphatic heterocycles. The molecule has 1 heterocycles. The van der Waals surface area contributed by atoms with Crippen molar-refractivity contribution in [2.75, 3.05) is 0 Å². The Morgan fingerprint density at radius 3 is 2.84 bits per heavy atom. The largest absolute Gasteiger partial charge is 0.271 e. The van der Waals surface area contributed by atoms with E-state index in [0.717, 1.165) is 30.6 Å². The fourth-order valence-corrected chi connectivity index (χ4v) is 1.90. The van der Waals surface area contributed by atoms with E-state index in [9.17, 15) is 0 Å². The Bertz CT molecular complexity index is 506. The number of hydrogen-bond acceptors (Lipinski definition) is 4. The van der Waals surface area contributed by atoms with Crippen molar-refractivity contribution in [3.05, 3.63) is 54.9 Å². The smallest absolute Gasteiger partial charge is 0.101 e. The third-order valence-electron chi connectivity index (χ3n) is 2.96. The molecule has 1 aromatic carbocycles. The van der Waals surface area contributed by atoms with E-state index in [-0.39, 0.29) is 6.04 Å². The van der Waals surface area contributed by atoms with Crippen LogP contribution in [0.4, 0.5) is 0 Å². The molecule has 3 N–H and O–H groups in total. The summed E-state index contributed by atoms with van der Waals surface area (Å²) in [4.78, 5) is 1.62. The molecule has 5 nitrogen and oxygen atoms in total. The molecule has 0 fully saturated rings. The molecule has 19 heavy (non-hydrogen) atoms. The average Bonchev–Trinajstić information content (AvgIpc) is 2.94. The van der Waals surface area contributed by atoms with Crippen LogP contribution in [-0.2, 0) is 0 Å². The summed E-state index contributed by atoms with van der Waals surface area (Å²) in [5, 5.41) is 8.74. The molecule has 0 radical (unpaired) electrons. The van der Waals surface area contributed by atoms with Crippen LogP contribution in [0.25, 0.3) is 5.69 Å². The first-order valence-electron chi connectivity index (χ1n) is 6.40. The van der Waals surface area contributed by atoms with Crippen molar-refractivity contribution in [2.45, 2.75) is 25.3 Å². The predicted molar refractivity (Wildman–Crippen MR) is 75.5 cm³/mol. The van der Waals surface area contributed by atoms with E-state index in [1.54, 1.807) is 11.0 Å². The molecule has 0 amide bonds. The summed E-state index contributed by atoms with van der Waals surface area (Å²) in [6.07, 6.45) is 6.58. The Morgan fingerprint density at radius 1 is 1.37 bits per heavy atom. The standard InChI is InChI=1S/C14H19N5/c1-2-3-5-10-13(17-15)14-11-16-19(18-14)12-8-6-4-7-9-12/h2,4,6-9,11,13,17H,1,3,5,10,15H2. The molecule has 2 rings (SSSR count). The predicted octanol–water partition coefficient (Wildman–Crippen LogP) is 2.13. The first-order valence-corrected chi connectivity index (χ1v) is 6.40. The number of aromatic nitrogens is 3. The second-order valence-electron chi connectivity index (χ2n) is 4.33. The topological polar surface area (TPSA) is 68.8 Å². The summed E-state index contributed by atoms with van der Waals surface area (Å²) in [6.45, 7) is 3.72. The second-order valence-corrected chi connectivity index (χ2v) is 4.33. The highest BCUT2D eigenvalue weighted by atomic mass is 15.5. The van der Waals surface area contributed by atoms with Crippen molar-refractivity contribution in [1.29, 1.82) is 0 Å². The van der Waals surface area contributed by atoms with E-state index in [2.05, 4.69) is 22.2 Å². The fourth-order valence-electron chi connectivity index (χ4n) is 1.90. The number of benzene rings is 1. The van der Waals surface area contributed by atoms with Gasteiger partial charge in [-0.05, 0) is 31.4 Å². The number of hydrazine groups is 1. The van der Waals surface area contributed by atoms with Gasteiger partial charge in [0.1, 0.15) is 5.69 Å². The van der Waals surface area contributed by atoms with Crippen LogP contribution in [0, 0.1) is 0 Å². The Labute approximate surface area is 113 Å². The molecule has 0 aliphatic rings. The summed E-state index contributed by atoms with van der Waals surface area (Å²) in [5.41, 5.74) is 4.59. The number of nitrogens with two attached hydrogens (primary N) is 1. The summed E-state index contributed by atoms with van der Waals surface area (Å²) in [7, 11) is 0. The number of nitrogens with one attached hydrogen (secondary N) is 1. The van der Waals surface area contributed by atoms with Gasteiger partial charge in [-0.2, -0.15) is 15.0 Å². The average molecular weight is 257 g/mol. The Morgan fingerprint density at radius 2 is 2.16 bits per heavy atom. The minimum Gasteiger partial charge on any atom is -0.271 e. The molecule has 0 aliphatic carbocycles. The lowest BCUT2D eigenvalue weighted by Gasteiger charge is -2.11. The van der Waals surface area contributed by atoms with E-state index in [1.165, 1.54) is 0 Å². The van der Waals surface area contributed by atoms with Crippen molar-refractivity contribution in [3.8, 4) is 5.69 Å². The van der Waals surface area contributed by atoms with Crippen LogP contribution in [0.3, 0.4) is 0 Å². The number of nitrogens with zero attached hydrogens (tertiary/aromatic N) is 3. The highest BCUT2D eigenvalue weighted by molar-refractivity contribution is 5.28. The van der Waals surface area contributed by atoms with Crippen molar-refractivity contribution in [3.63, 3.8) is 0 Å².